The summed E-state index contributed by atoms with van der Waals surface area (Å²) < 4.78 is 28.5. The number of carbonyl (C=O) groups is 2. The molecular weight excluding hydrogens is 344 g/mol. The van der Waals surface area contributed by atoms with Crippen LogP contribution in [0.3, 0.4) is 0 Å². The molecule has 2 aromatic carbocycles. The summed E-state index contributed by atoms with van der Waals surface area (Å²) in [5, 5.41) is 11.8. The topological polar surface area (TPSA) is 75.6 Å². The Morgan fingerprint density at radius 2 is 1.77 bits per heavy atom. The molecule has 0 saturated carbocycles. The number of amides is 1. The molecule has 0 saturated heterocycles. The van der Waals surface area contributed by atoms with E-state index in [0.717, 1.165) is 11.1 Å². The number of carbonyl (C=O) groups excluding carboxylic acids is 1. The standard InChI is InChI=1S/C19H19F2NO4/c1-12-4-2-3-5-15(12)16(11-18(24)25)22-17(23)10-13-6-8-14(9-7-13)26-19(20)21/h2-9,16,19H,10-11H2,1H3,(H,22,23)(H,24,25). The lowest BCUT2D eigenvalue weighted by Gasteiger charge is -2.19. The first-order valence-corrected chi connectivity index (χ1v) is 7.95. The molecule has 26 heavy (non-hydrogen) atoms. The predicted molar refractivity (Wildman–Crippen MR) is 91.1 cm³/mol. The van der Waals surface area contributed by atoms with Gasteiger partial charge in [0.05, 0.1) is 18.9 Å². The summed E-state index contributed by atoms with van der Waals surface area (Å²) in [6, 6.07) is 12.3. The largest absolute Gasteiger partial charge is 0.481 e. The van der Waals surface area contributed by atoms with Gasteiger partial charge in [-0.1, -0.05) is 36.4 Å². The van der Waals surface area contributed by atoms with Gasteiger partial charge in [-0.2, -0.15) is 8.78 Å². The summed E-state index contributed by atoms with van der Waals surface area (Å²) in [7, 11) is 0. The number of benzene rings is 2. The van der Waals surface area contributed by atoms with Crippen molar-refractivity contribution in [1.29, 1.82) is 0 Å². The van der Waals surface area contributed by atoms with E-state index in [-0.39, 0.29) is 24.5 Å². The fourth-order valence-electron chi connectivity index (χ4n) is 2.61. The Labute approximate surface area is 149 Å². The number of halogens is 2. The summed E-state index contributed by atoms with van der Waals surface area (Å²) in [6.45, 7) is -1.06. The molecule has 0 heterocycles. The van der Waals surface area contributed by atoms with Crippen LogP contribution >= 0.6 is 0 Å². The van der Waals surface area contributed by atoms with Crippen molar-refractivity contribution in [3.8, 4) is 5.75 Å². The Hall–Kier alpha value is -2.96. The minimum atomic E-state index is -2.91. The van der Waals surface area contributed by atoms with Gasteiger partial charge in [-0.05, 0) is 35.7 Å². The zero-order valence-corrected chi connectivity index (χ0v) is 14.1. The van der Waals surface area contributed by atoms with E-state index in [0.29, 0.717) is 5.56 Å². The Balaban J connectivity index is 2.05. The van der Waals surface area contributed by atoms with E-state index >= 15 is 0 Å². The minimum Gasteiger partial charge on any atom is -0.481 e. The number of hydrogen-bond donors (Lipinski definition) is 2. The highest BCUT2D eigenvalue weighted by atomic mass is 19.3. The van der Waals surface area contributed by atoms with Crippen molar-refractivity contribution in [2.75, 3.05) is 0 Å². The van der Waals surface area contributed by atoms with Crippen LogP contribution in [0.25, 0.3) is 0 Å². The second-order valence-corrected chi connectivity index (χ2v) is 5.77. The Morgan fingerprint density at radius 3 is 2.35 bits per heavy atom. The second-order valence-electron chi connectivity index (χ2n) is 5.77. The summed E-state index contributed by atoms with van der Waals surface area (Å²) in [5.74, 6) is -1.37. The first kappa shape index (κ1) is 19.4. The maximum atomic E-state index is 12.3. The molecule has 2 N–H and O–H groups in total. The summed E-state index contributed by atoms with van der Waals surface area (Å²) in [5.41, 5.74) is 2.22. The van der Waals surface area contributed by atoms with E-state index < -0.39 is 18.6 Å². The van der Waals surface area contributed by atoms with E-state index in [1.165, 1.54) is 24.3 Å². The minimum absolute atomic E-state index is 0.00302. The third kappa shape index (κ3) is 5.84. The van der Waals surface area contributed by atoms with Crippen molar-refractivity contribution in [3.05, 3.63) is 65.2 Å². The maximum absolute atomic E-state index is 12.3. The highest BCUT2D eigenvalue weighted by molar-refractivity contribution is 5.80. The van der Waals surface area contributed by atoms with Crippen LogP contribution in [0, 0.1) is 6.92 Å². The van der Waals surface area contributed by atoms with Gasteiger partial charge in [0.1, 0.15) is 5.75 Å². The average Bonchev–Trinajstić information content (AvgIpc) is 2.55. The molecule has 1 amide bonds. The lowest BCUT2D eigenvalue weighted by Crippen LogP contribution is -2.31. The first-order chi connectivity index (χ1) is 12.3. The fraction of sp³-hybridized carbons (Fsp3) is 0.263. The number of aryl methyl sites for hydroxylation is 1. The van der Waals surface area contributed by atoms with Crippen LogP contribution in [0.1, 0.15) is 29.2 Å². The normalized spacial score (nSPS) is 11.8. The monoisotopic (exact) mass is 363 g/mol. The Kier molecular flexibility index (Phi) is 6.66. The summed E-state index contributed by atoms with van der Waals surface area (Å²) >= 11 is 0. The van der Waals surface area contributed by atoms with Crippen LogP contribution < -0.4 is 10.1 Å². The van der Waals surface area contributed by atoms with E-state index in [1.54, 1.807) is 12.1 Å². The van der Waals surface area contributed by atoms with E-state index in [1.807, 2.05) is 19.1 Å². The van der Waals surface area contributed by atoms with Crippen molar-refractivity contribution >= 4 is 11.9 Å². The van der Waals surface area contributed by atoms with Crippen molar-refractivity contribution in [3.63, 3.8) is 0 Å². The van der Waals surface area contributed by atoms with Crippen LogP contribution in [0.5, 0.6) is 5.75 Å². The van der Waals surface area contributed by atoms with Crippen LogP contribution in [0.15, 0.2) is 48.5 Å². The maximum Gasteiger partial charge on any atom is 0.387 e. The fourth-order valence-corrected chi connectivity index (χ4v) is 2.61. The molecule has 0 bridgehead atoms. The molecule has 0 fully saturated rings. The van der Waals surface area contributed by atoms with Crippen molar-refractivity contribution in [2.24, 2.45) is 0 Å². The number of hydrogen-bond acceptors (Lipinski definition) is 3. The molecular formula is C19H19F2NO4. The molecule has 5 nitrogen and oxygen atoms in total. The van der Waals surface area contributed by atoms with Gasteiger partial charge in [0.2, 0.25) is 5.91 Å². The van der Waals surface area contributed by atoms with E-state index in [2.05, 4.69) is 10.1 Å². The van der Waals surface area contributed by atoms with Crippen molar-refractivity contribution < 1.29 is 28.2 Å². The second kappa shape index (κ2) is 8.94. The van der Waals surface area contributed by atoms with Crippen molar-refractivity contribution in [2.45, 2.75) is 32.4 Å². The number of nitrogens with one attached hydrogen (secondary N) is 1. The molecule has 0 aliphatic carbocycles. The molecule has 138 valence electrons. The zero-order chi connectivity index (χ0) is 19.1. The van der Waals surface area contributed by atoms with Crippen LogP contribution in [-0.4, -0.2) is 23.6 Å². The van der Waals surface area contributed by atoms with Gasteiger partial charge in [0, 0.05) is 0 Å². The molecule has 0 aliphatic rings. The lowest BCUT2D eigenvalue weighted by molar-refractivity contribution is -0.137. The zero-order valence-electron chi connectivity index (χ0n) is 14.1. The molecule has 1 unspecified atom stereocenters. The molecule has 0 spiro atoms. The van der Waals surface area contributed by atoms with Gasteiger partial charge in [0.25, 0.3) is 0 Å². The number of alkyl halides is 2. The van der Waals surface area contributed by atoms with E-state index in [4.69, 9.17) is 5.11 Å². The highest BCUT2D eigenvalue weighted by Crippen LogP contribution is 2.21. The SMILES string of the molecule is Cc1ccccc1C(CC(=O)O)NC(=O)Cc1ccc(OC(F)F)cc1. The van der Waals surface area contributed by atoms with Gasteiger partial charge in [0.15, 0.2) is 0 Å². The van der Waals surface area contributed by atoms with Crippen LogP contribution in [-0.2, 0) is 16.0 Å². The van der Waals surface area contributed by atoms with Gasteiger partial charge >= 0.3 is 12.6 Å². The molecule has 2 aromatic rings. The molecule has 2 rings (SSSR count). The third-order valence-electron chi connectivity index (χ3n) is 3.79. The smallest absolute Gasteiger partial charge is 0.387 e. The Bertz CT molecular complexity index is 762. The third-order valence-corrected chi connectivity index (χ3v) is 3.79. The first-order valence-electron chi connectivity index (χ1n) is 7.95. The Morgan fingerprint density at radius 1 is 1.12 bits per heavy atom. The number of rotatable bonds is 8. The summed E-state index contributed by atoms with van der Waals surface area (Å²) in [4.78, 5) is 23.4. The predicted octanol–water partition coefficient (Wildman–Crippen LogP) is 3.47. The van der Waals surface area contributed by atoms with Gasteiger partial charge in [-0.15, -0.1) is 0 Å². The quantitative estimate of drug-likeness (QED) is 0.753. The molecule has 0 aromatic heterocycles. The molecule has 1 atom stereocenters. The number of carboxylic acids is 1. The van der Waals surface area contributed by atoms with Gasteiger partial charge < -0.3 is 15.2 Å². The average molecular weight is 363 g/mol. The number of aliphatic carboxylic acids is 1. The van der Waals surface area contributed by atoms with Gasteiger partial charge in [-0.25, -0.2) is 0 Å². The number of carboxylic acid groups (broad SMARTS) is 1. The lowest BCUT2D eigenvalue weighted by atomic mass is 9.98. The highest BCUT2D eigenvalue weighted by Gasteiger charge is 2.19. The summed E-state index contributed by atoms with van der Waals surface area (Å²) in [6.07, 6.45) is -0.241. The molecule has 0 aliphatic heterocycles. The van der Waals surface area contributed by atoms with Gasteiger partial charge in [-0.3, -0.25) is 9.59 Å². The van der Waals surface area contributed by atoms with Crippen LogP contribution in [0.4, 0.5) is 8.78 Å². The van der Waals surface area contributed by atoms with Crippen molar-refractivity contribution in [1.82, 2.24) is 5.32 Å². The van der Waals surface area contributed by atoms with E-state index in [9.17, 15) is 18.4 Å². The molecule has 0 radical (unpaired) electrons. The molecule has 7 heteroatoms. The van der Waals surface area contributed by atoms with Crippen LogP contribution in [0.2, 0.25) is 0 Å². The number of ether oxygens (including phenoxy) is 1.